The number of hydrogen-bond donors (Lipinski definition) is 2. The smallest absolute Gasteiger partial charge is 0.0705 e. The molecule has 0 spiro atoms. The van der Waals surface area contributed by atoms with E-state index in [2.05, 4.69) is 29.1 Å². The maximum Gasteiger partial charge on any atom is 0.0705 e. The predicted octanol–water partition coefficient (Wildman–Crippen LogP) is 2.71. The van der Waals surface area contributed by atoms with Gasteiger partial charge in [0.2, 0.25) is 0 Å². The highest BCUT2D eigenvalue weighted by Gasteiger charge is 2.11. The summed E-state index contributed by atoms with van der Waals surface area (Å²) in [6, 6.07) is 10.3. The van der Waals surface area contributed by atoms with Crippen LogP contribution in [0.4, 0.5) is 0 Å². The predicted molar refractivity (Wildman–Crippen MR) is 71.2 cm³/mol. The zero-order valence-corrected chi connectivity index (χ0v) is 9.76. The Morgan fingerprint density at radius 1 is 1.35 bits per heavy atom. The van der Waals surface area contributed by atoms with E-state index in [1.54, 1.807) is 6.20 Å². The average molecular weight is 227 g/mol. The van der Waals surface area contributed by atoms with Gasteiger partial charge in [0.1, 0.15) is 0 Å². The molecule has 88 valence electrons. The summed E-state index contributed by atoms with van der Waals surface area (Å²) in [4.78, 5) is 4.35. The van der Waals surface area contributed by atoms with Crippen LogP contribution in [0.1, 0.15) is 24.4 Å². The second-order valence-electron chi connectivity index (χ2n) is 4.00. The number of nitrogens with two attached hydrogens (primary N) is 1. The third kappa shape index (κ3) is 2.52. The lowest BCUT2D eigenvalue weighted by atomic mass is 9.98. The monoisotopic (exact) mass is 227 g/mol. The Morgan fingerprint density at radius 2 is 2.24 bits per heavy atom. The Morgan fingerprint density at radius 3 is 3.00 bits per heavy atom. The lowest BCUT2D eigenvalue weighted by Gasteiger charge is -2.17. The molecule has 1 unspecified atom stereocenters. The van der Waals surface area contributed by atoms with E-state index >= 15 is 0 Å². The highest BCUT2D eigenvalue weighted by atomic mass is 15.2. The number of nitrogens with one attached hydrogen (secondary N) is 1. The summed E-state index contributed by atoms with van der Waals surface area (Å²) in [5.74, 6) is 5.63. The molecule has 0 fully saturated rings. The molecule has 1 aromatic carbocycles. The van der Waals surface area contributed by atoms with E-state index in [1.165, 1.54) is 5.56 Å². The van der Waals surface area contributed by atoms with E-state index in [0.29, 0.717) is 0 Å². The molecule has 1 heterocycles. The molecule has 1 atom stereocenters. The standard InChI is InChI=1S/C14H17N3/c1-2-3-8-14(17-15)12-6-4-9-13-11(12)7-5-10-16-13/h2,4-7,9-10,14,17H,1,3,8,15H2. The van der Waals surface area contributed by atoms with Crippen LogP contribution in [0.3, 0.4) is 0 Å². The van der Waals surface area contributed by atoms with E-state index in [0.717, 1.165) is 23.7 Å². The van der Waals surface area contributed by atoms with Crippen molar-refractivity contribution in [2.45, 2.75) is 18.9 Å². The number of rotatable bonds is 5. The van der Waals surface area contributed by atoms with Crippen molar-refractivity contribution in [2.24, 2.45) is 5.84 Å². The Kier molecular flexibility index (Phi) is 3.85. The van der Waals surface area contributed by atoms with Gasteiger partial charge in [0, 0.05) is 17.6 Å². The molecule has 3 nitrogen and oxygen atoms in total. The third-order valence-corrected chi connectivity index (χ3v) is 2.92. The maximum absolute atomic E-state index is 5.63. The largest absolute Gasteiger partial charge is 0.271 e. The molecule has 0 saturated carbocycles. The Balaban J connectivity index is 2.42. The van der Waals surface area contributed by atoms with Gasteiger partial charge in [0.05, 0.1) is 5.52 Å². The van der Waals surface area contributed by atoms with Crippen LogP contribution in [-0.2, 0) is 0 Å². The normalized spacial score (nSPS) is 12.5. The highest BCUT2D eigenvalue weighted by Crippen LogP contribution is 2.25. The fraction of sp³-hybridized carbons (Fsp3) is 0.214. The summed E-state index contributed by atoms with van der Waals surface area (Å²) in [5.41, 5.74) is 5.07. The fourth-order valence-corrected chi connectivity index (χ4v) is 2.04. The van der Waals surface area contributed by atoms with Crippen molar-refractivity contribution >= 4 is 10.9 Å². The van der Waals surface area contributed by atoms with Gasteiger partial charge < -0.3 is 0 Å². The number of hydrazine groups is 1. The molecule has 0 aliphatic heterocycles. The molecule has 0 radical (unpaired) electrons. The van der Waals surface area contributed by atoms with E-state index < -0.39 is 0 Å². The molecule has 17 heavy (non-hydrogen) atoms. The lowest BCUT2D eigenvalue weighted by molar-refractivity contribution is 0.524. The van der Waals surface area contributed by atoms with Gasteiger partial charge in [-0.05, 0) is 30.5 Å². The molecule has 0 bridgehead atoms. The zero-order chi connectivity index (χ0) is 12.1. The summed E-state index contributed by atoms with van der Waals surface area (Å²) in [5, 5.41) is 1.15. The first-order valence-electron chi connectivity index (χ1n) is 5.77. The van der Waals surface area contributed by atoms with E-state index in [4.69, 9.17) is 5.84 Å². The minimum absolute atomic E-state index is 0.140. The second kappa shape index (κ2) is 5.57. The molecule has 2 aromatic rings. The minimum Gasteiger partial charge on any atom is -0.271 e. The number of allylic oxidation sites excluding steroid dienone is 1. The van der Waals surface area contributed by atoms with Crippen LogP contribution < -0.4 is 11.3 Å². The minimum atomic E-state index is 0.140. The van der Waals surface area contributed by atoms with Gasteiger partial charge in [-0.3, -0.25) is 16.3 Å². The van der Waals surface area contributed by atoms with Crippen molar-refractivity contribution in [1.82, 2.24) is 10.4 Å². The van der Waals surface area contributed by atoms with Crippen LogP contribution in [0.2, 0.25) is 0 Å². The SMILES string of the molecule is C=CCCC(NN)c1cccc2ncccc12. The number of benzene rings is 1. The molecule has 0 saturated heterocycles. The van der Waals surface area contributed by atoms with Gasteiger partial charge in [0.15, 0.2) is 0 Å². The number of nitrogens with zero attached hydrogens (tertiary/aromatic N) is 1. The van der Waals surface area contributed by atoms with Gasteiger partial charge in [-0.1, -0.05) is 24.3 Å². The summed E-state index contributed by atoms with van der Waals surface area (Å²) in [7, 11) is 0. The van der Waals surface area contributed by atoms with Crippen LogP contribution in [0.15, 0.2) is 49.2 Å². The summed E-state index contributed by atoms with van der Waals surface area (Å²) in [6.07, 6.45) is 5.59. The lowest BCUT2D eigenvalue weighted by Crippen LogP contribution is -2.28. The molecule has 1 aromatic heterocycles. The highest BCUT2D eigenvalue weighted by molar-refractivity contribution is 5.82. The number of aromatic nitrogens is 1. The Hall–Kier alpha value is -1.71. The first-order valence-corrected chi connectivity index (χ1v) is 5.77. The van der Waals surface area contributed by atoms with E-state index in [9.17, 15) is 0 Å². The number of fused-ring (bicyclic) bond motifs is 1. The quantitative estimate of drug-likeness (QED) is 0.469. The summed E-state index contributed by atoms with van der Waals surface area (Å²) < 4.78 is 0. The first-order chi connectivity index (χ1) is 8.36. The third-order valence-electron chi connectivity index (χ3n) is 2.92. The zero-order valence-electron chi connectivity index (χ0n) is 9.76. The molecule has 0 aliphatic carbocycles. The van der Waals surface area contributed by atoms with Crippen LogP contribution in [-0.4, -0.2) is 4.98 Å². The van der Waals surface area contributed by atoms with Crippen LogP contribution >= 0.6 is 0 Å². The van der Waals surface area contributed by atoms with Gasteiger partial charge in [-0.2, -0.15) is 0 Å². The Labute approximate surface area is 101 Å². The summed E-state index contributed by atoms with van der Waals surface area (Å²) >= 11 is 0. The van der Waals surface area contributed by atoms with Gasteiger partial charge in [-0.25, -0.2) is 0 Å². The summed E-state index contributed by atoms with van der Waals surface area (Å²) in [6.45, 7) is 3.74. The molecular formula is C14H17N3. The maximum atomic E-state index is 5.63. The van der Waals surface area contributed by atoms with Crippen LogP contribution in [0, 0.1) is 0 Å². The average Bonchev–Trinajstić information content (AvgIpc) is 2.40. The molecule has 3 heteroatoms. The van der Waals surface area contributed by atoms with Crippen molar-refractivity contribution in [1.29, 1.82) is 0 Å². The van der Waals surface area contributed by atoms with E-state index in [1.807, 2.05) is 24.3 Å². The van der Waals surface area contributed by atoms with Crippen molar-refractivity contribution in [2.75, 3.05) is 0 Å². The Bertz CT molecular complexity index is 502. The molecular weight excluding hydrogens is 210 g/mol. The van der Waals surface area contributed by atoms with Gasteiger partial charge >= 0.3 is 0 Å². The molecule has 0 amide bonds. The van der Waals surface area contributed by atoms with Crippen molar-refractivity contribution in [3.8, 4) is 0 Å². The second-order valence-corrected chi connectivity index (χ2v) is 4.00. The first kappa shape index (κ1) is 11.8. The molecule has 2 rings (SSSR count). The van der Waals surface area contributed by atoms with Crippen LogP contribution in [0.25, 0.3) is 10.9 Å². The molecule has 0 aliphatic rings. The van der Waals surface area contributed by atoms with Gasteiger partial charge in [-0.15, -0.1) is 6.58 Å². The topological polar surface area (TPSA) is 50.9 Å². The molecule has 3 N–H and O–H groups in total. The van der Waals surface area contributed by atoms with Gasteiger partial charge in [0.25, 0.3) is 0 Å². The van der Waals surface area contributed by atoms with E-state index in [-0.39, 0.29) is 6.04 Å². The van der Waals surface area contributed by atoms with Crippen molar-refractivity contribution < 1.29 is 0 Å². The fourth-order valence-electron chi connectivity index (χ4n) is 2.04. The van der Waals surface area contributed by atoms with Crippen molar-refractivity contribution in [3.05, 3.63) is 54.7 Å². The number of pyridine rings is 1. The van der Waals surface area contributed by atoms with Crippen LogP contribution in [0.5, 0.6) is 0 Å². The van der Waals surface area contributed by atoms with Crippen molar-refractivity contribution in [3.63, 3.8) is 0 Å². The number of hydrogen-bond acceptors (Lipinski definition) is 3.